The second kappa shape index (κ2) is 12.7. The van der Waals surface area contributed by atoms with E-state index in [0.717, 1.165) is 35.7 Å². The number of aromatic nitrogens is 2. The molecular formula is C28H37N3O2S. The van der Waals surface area contributed by atoms with Crippen molar-refractivity contribution in [3.05, 3.63) is 54.2 Å². The van der Waals surface area contributed by atoms with Gasteiger partial charge in [0.05, 0.1) is 18.0 Å². The fourth-order valence-corrected chi connectivity index (χ4v) is 4.54. The first-order valence-electron chi connectivity index (χ1n) is 12.3. The van der Waals surface area contributed by atoms with Crippen molar-refractivity contribution in [3.8, 4) is 17.0 Å². The van der Waals surface area contributed by atoms with Crippen molar-refractivity contribution in [1.29, 1.82) is 0 Å². The van der Waals surface area contributed by atoms with E-state index in [2.05, 4.69) is 32.7 Å². The molecule has 1 aromatic carbocycles. The molecule has 3 aromatic rings. The lowest BCUT2D eigenvalue weighted by Gasteiger charge is -2.25. The minimum Gasteiger partial charge on any atom is -0.494 e. The van der Waals surface area contributed by atoms with Gasteiger partial charge in [0.15, 0.2) is 5.13 Å². The summed E-state index contributed by atoms with van der Waals surface area (Å²) in [7, 11) is 0. The third kappa shape index (κ3) is 7.94. The Kier molecular flexibility index (Phi) is 9.63. The van der Waals surface area contributed by atoms with E-state index in [0.29, 0.717) is 11.6 Å². The van der Waals surface area contributed by atoms with E-state index in [4.69, 9.17) is 9.72 Å². The molecular weight excluding hydrogens is 442 g/mol. The minimum atomic E-state index is -0.126. The Balaban J connectivity index is 1.71. The van der Waals surface area contributed by atoms with Gasteiger partial charge in [-0.15, -0.1) is 11.3 Å². The van der Waals surface area contributed by atoms with Crippen LogP contribution in [0, 0.1) is 5.41 Å². The molecule has 5 nitrogen and oxygen atoms in total. The fraction of sp³-hybridized carbons (Fsp3) is 0.464. The number of ether oxygens (including phenoxy) is 1. The largest absolute Gasteiger partial charge is 0.494 e. The summed E-state index contributed by atoms with van der Waals surface area (Å²) in [5.74, 6) is 0.857. The number of anilines is 2. The lowest BCUT2D eigenvalue weighted by molar-refractivity contribution is -0.119. The van der Waals surface area contributed by atoms with Crippen LogP contribution < -0.4 is 9.64 Å². The number of carbonyl (C=O) groups excluding carboxylic acids is 1. The van der Waals surface area contributed by atoms with Gasteiger partial charge in [-0.3, -0.25) is 14.7 Å². The van der Waals surface area contributed by atoms with Gasteiger partial charge in [0.25, 0.3) is 0 Å². The number of nitrogens with zero attached hydrogens (tertiary/aromatic N) is 3. The Morgan fingerprint density at radius 3 is 2.44 bits per heavy atom. The van der Waals surface area contributed by atoms with Crippen molar-refractivity contribution in [2.75, 3.05) is 11.5 Å². The Morgan fingerprint density at radius 2 is 1.76 bits per heavy atom. The van der Waals surface area contributed by atoms with Gasteiger partial charge in [-0.2, -0.15) is 0 Å². The van der Waals surface area contributed by atoms with Gasteiger partial charge in [0.1, 0.15) is 5.75 Å². The van der Waals surface area contributed by atoms with Gasteiger partial charge in [0.2, 0.25) is 5.91 Å². The fourth-order valence-electron chi connectivity index (χ4n) is 3.67. The molecule has 0 saturated heterocycles. The number of benzene rings is 1. The molecule has 0 spiro atoms. The van der Waals surface area contributed by atoms with E-state index in [-0.39, 0.29) is 11.3 Å². The summed E-state index contributed by atoms with van der Waals surface area (Å²) in [6, 6.07) is 11.6. The van der Waals surface area contributed by atoms with E-state index in [1.807, 2.05) is 41.8 Å². The summed E-state index contributed by atoms with van der Waals surface area (Å²) < 4.78 is 5.93. The van der Waals surface area contributed by atoms with Crippen molar-refractivity contribution < 1.29 is 9.53 Å². The van der Waals surface area contributed by atoms with Crippen molar-refractivity contribution in [2.45, 2.75) is 72.6 Å². The minimum absolute atomic E-state index is 0.0281. The summed E-state index contributed by atoms with van der Waals surface area (Å²) in [5, 5.41) is 2.63. The standard InChI is InChI=1S/C28H37N3O2S/c1-5-6-7-8-9-10-18-33-24-15-13-23(14-16-24)31(26(32)19-28(2,3)4)27-30-25(21-34-27)22-12-11-17-29-20-22/h11-17,20-21H,5-10,18-19H2,1-4H3. The van der Waals surface area contributed by atoms with E-state index in [1.54, 1.807) is 17.3 Å². The lowest BCUT2D eigenvalue weighted by Crippen LogP contribution is -2.29. The number of hydrogen-bond donors (Lipinski definition) is 0. The molecule has 2 heterocycles. The maximum absolute atomic E-state index is 13.4. The van der Waals surface area contributed by atoms with Crippen LogP contribution >= 0.6 is 11.3 Å². The first kappa shape index (κ1) is 25.9. The highest BCUT2D eigenvalue weighted by Gasteiger charge is 2.26. The van der Waals surface area contributed by atoms with E-state index in [1.165, 1.54) is 43.4 Å². The van der Waals surface area contributed by atoms with Crippen LogP contribution in [0.2, 0.25) is 0 Å². The first-order chi connectivity index (χ1) is 16.4. The van der Waals surface area contributed by atoms with Crippen molar-refractivity contribution in [2.24, 2.45) is 5.41 Å². The zero-order valence-corrected chi connectivity index (χ0v) is 21.7. The molecule has 0 unspecified atom stereocenters. The number of amides is 1. The Bertz CT molecular complexity index is 1010. The Labute approximate surface area is 208 Å². The molecule has 0 N–H and O–H groups in total. The maximum atomic E-state index is 13.4. The molecule has 0 radical (unpaired) electrons. The zero-order valence-electron chi connectivity index (χ0n) is 20.9. The second-order valence-electron chi connectivity index (χ2n) is 9.83. The number of thiazole rings is 1. The average Bonchev–Trinajstić information content (AvgIpc) is 3.29. The Morgan fingerprint density at radius 1 is 1.03 bits per heavy atom. The highest BCUT2D eigenvalue weighted by Crippen LogP contribution is 2.35. The third-order valence-electron chi connectivity index (χ3n) is 5.43. The van der Waals surface area contributed by atoms with Gasteiger partial charge in [-0.05, 0) is 48.2 Å². The second-order valence-corrected chi connectivity index (χ2v) is 10.7. The monoisotopic (exact) mass is 479 g/mol. The van der Waals surface area contributed by atoms with Gasteiger partial charge in [-0.25, -0.2) is 4.98 Å². The molecule has 0 fully saturated rings. The van der Waals surface area contributed by atoms with Crippen LogP contribution in [0.3, 0.4) is 0 Å². The van der Waals surface area contributed by atoms with Gasteiger partial charge in [-0.1, -0.05) is 59.8 Å². The first-order valence-corrected chi connectivity index (χ1v) is 13.2. The van der Waals surface area contributed by atoms with E-state index in [9.17, 15) is 4.79 Å². The lowest BCUT2D eigenvalue weighted by atomic mass is 9.91. The third-order valence-corrected chi connectivity index (χ3v) is 6.26. The molecule has 2 aromatic heterocycles. The summed E-state index contributed by atoms with van der Waals surface area (Å²) in [4.78, 5) is 24.0. The van der Waals surface area contributed by atoms with Crippen LogP contribution in [0.1, 0.15) is 72.6 Å². The smallest absolute Gasteiger partial charge is 0.233 e. The van der Waals surface area contributed by atoms with Crippen LogP contribution in [0.15, 0.2) is 54.2 Å². The number of unbranched alkanes of at least 4 members (excludes halogenated alkanes) is 5. The summed E-state index contributed by atoms with van der Waals surface area (Å²) in [6.45, 7) is 9.18. The number of carbonyl (C=O) groups is 1. The van der Waals surface area contributed by atoms with Crippen LogP contribution in [0.5, 0.6) is 5.75 Å². The summed E-state index contributed by atoms with van der Waals surface area (Å²) >= 11 is 1.47. The molecule has 3 rings (SSSR count). The number of pyridine rings is 1. The molecule has 6 heteroatoms. The van der Waals surface area contributed by atoms with Crippen LogP contribution in [-0.4, -0.2) is 22.5 Å². The van der Waals surface area contributed by atoms with Gasteiger partial charge < -0.3 is 4.74 Å². The van der Waals surface area contributed by atoms with E-state index >= 15 is 0 Å². The van der Waals surface area contributed by atoms with Crippen molar-refractivity contribution in [3.63, 3.8) is 0 Å². The highest BCUT2D eigenvalue weighted by molar-refractivity contribution is 7.14. The molecule has 34 heavy (non-hydrogen) atoms. The van der Waals surface area contributed by atoms with Crippen molar-refractivity contribution >= 4 is 28.1 Å². The van der Waals surface area contributed by atoms with Crippen molar-refractivity contribution in [1.82, 2.24) is 9.97 Å². The van der Waals surface area contributed by atoms with Gasteiger partial charge in [0, 0.05) is 29.8 Å². The van der Waals surface area contributed by atoms with E-state index < -0.39 is 0 Å². The molecule has 0 atom stereocenters. The molecule has 0 saturated carbocycles. The van der Waals surface area contributed by atoms with Crippen LogP contribution in [0.25, 0.3) is 11.3 Å². The molecule has 0 aliphatic carbocycles. The Hall–Kier alpha value is -2.73. The predicted molar refractivity (Wildman–Crippen MR) is 142 cm³/mol. The SMILES string of the molecule is CCCCCCCCOc1ccc(N(C(=O)CC(C)(C)C)c2nc(-c3cccnc3)cs2)cc1. The normalized spacial score (nSPS) is 11.4. The molecule has 0 aliphatic rings. The van der Waals surface area contributed by atoms with Gasteiger partial charge >= 0.3 is 0 Å². The predicted octanol–water partition coefficient (Wildman–Crippen LogP) is 8.05. The topological polar surface area (TPSA) is 55.3 Å². The average molecular weight is 480 g/mol. The summed E-state index contributed by atoms with van der Waals surface area (Å²) in [5.41, 5.74) is 2.43. The van der Waals surface area contributed by atoms with Crippen LogP contribution in [-0.2, 0) is 4.79 Å². The quantitative estimate of drug-likeness (QED) is 0.247. The molecule has 0 aliphatic heterocycles. The maximum Gasteiger partial charge on any atom is 0.233 e. The number of rotatable bonds is 12. The number of hydrogen-bond acceptors (Lipinski definition) is 5. The van der Waals surface area contributed by atoms with Crippen LogP contribution in [0.4, 0.5) is 10.8 Å². The molecule has 1 amide bonds. The summed E-state index contributed by atoms with van der Waals surface area (Å²) in [6.07, 6.45) is 11.4. The molecule has 0 bridgehead atoms. The highest BCUT2D eigenvalue weighted by atomic mass is 32.1. The zero-order chi connectivity index (χ0) is 24.4. The molecule has 182 valence electrons.